The first-order chi connectivity index (χ1) is 6.77. The van der Waals surface area contributed by atoms with Gasteiger partial charge >= 0.3 is 0 Å². The first kappa shape index (κ1) is 11.2. The summed E-state index contributed by atoms with van der Waals surface area (Å²) in [5.41, 5.74) is 1.02. The van der Waals surface area contributed by atoms with Crippen molar-refractivity contribution in [2.24, 2.45) is 0 Å². The minimum Gasteiger partial charge on any atom is -0.463 e. The number of carbonyl (C=O) groups is 1. The van der Waals surface area contributed by atoms with Crippen LogP contribution in [0.25, 0.3) is 0 Å². The zero-order chi connectivity index (χ0) is 10.4. The second-order valence-corrected chi connectivity index (χ2v) is 3.57. The van der Waals surface area contributed by atoms with Gasteiger partial charge in [0.05, 0.1) is 0 Å². The average Bonchev–Trinajstić information content (AvgIpc) is 2.17. The number of ether oxygens (including phenoxy) is 1. The smallest absolute Gasteiger partial charge is 0.228 e. The third kappa shape index (κ3) is 3.10. The molecule has 0 radical (unpaired) electrons. The summed E-state index contributed by atoms with van der Waals surface area (Å²) in [6.45, 7) is -0.833. The van der Waals surface area contributed by atoms with Crippen molar-refractivity contribution >= 4 is 22.2 Å². The normalized spacial score (nSPS) is 9.86. The molecule has 0 bridgehead atoms. The van der Waals surface area contributed by atoms with E-state index in [1.807, 2.05) is 6.07 Å². The molecular weight excluding hydrogens is 251 g/mol. The van der Waals surface area contributed by atoms with Crippen molar-refractivity contribution in [3.8, 4) is 5.75 Å². The Hall–Kier alpha value is -0.900. The number of hydrogen-bond donors (Lipinski definition) is 0. The van der Waals surface area contributed by atoms with Crippen LogP contribution in [0.4, 0.5) is 4.39 Å². The predicted molar refractivity (Wildman–Crippen MR) is 55.1 cm³/mol. The number of benzene rings is 1. The summed E-state index contributed by atoms with van der Waals surface area (Å²) in [4.78, 5) is 10.2. The van der Waals surface area contributed by atoms with Crippen molar-refractivity contribution in [2.45, 2.75) is 12.8 Å². The van der Waals surface area contributed by atoms with E-state index in [4.69, 9.17) is 0 Å². The van der Waals surface area contributed by atoms with E-state index in [2.05, 4.69) is 20.7 Å². The molecule has 2 nitrogen and oxygen atoms in total. The summed E-state index contributed by atoms with van der Waals surface area (Å²) in [7, 11) is 0. The van der Waals surface area contributed by atoms with Crippen LogP contribution in [0.3, 0.4) is 0 Å². The van der Waals surface area contributed by atoms with Crippen molar-refractivity contribution in [2.75, 3.05) is 6.86 Å². The molecule has 1 rings (SSSR count). The van der Waals surface area contributed by atoms with Gasteiger partial charge in [0.1, 0.15) is 12.0 Å². The number of hydrogen-bond acceptors (Lipinski definition) is 2. The highest BCUT2D eigenvalue weighted by Crippen LogP contribution is 2.23. The highest BCUT2D eigenvalue weighted by Gasteiger charge is 2.01. The molecule has 1 aromatic carbocycles. The molecule has 0 fully saturated rings. The van der Waals surface area contributed by atoms with Crippen molar-refractivity contribution in [3.05, 3.63) is 28.2 Å². The van der Waals surface area contributed by atoms with Crippen LogP contribution >= 0.6 is 15.9 Å². The molecule has 0 saturated carbocycles. The van der Waals surface area contributed by atoms with Gasteiger partial charge in [0.2, 0.25) is 6.86 Å². The quantitative estimate of drug-likeness (QED) is 0.762. The first-order valence-corrected chi connectivity index (χ1v) is 4.98. The average molecular weight is 261 g/mol. The van der Waals surface area contributed by atoms with Crippen molar-refractivity contribution in [3.63, 3.8) is 0 Å². The standard InChI is InChI=1S/C10H10BrFO2/c11-10-6-9(14-7-12)4-3-8(10)2-1-5-13/h3-6H,1-2,7H2. The molecule has 0 amide bonds. The summed E-state index contributed by atoms with van der Waals surface area (Å²) in [5.74, 6) is 0.481. The number of rotatable bonds is 5. The predicted octanol–water partition coefficient (Wildman–Crippen LogP) is 2.89. The van der Waals surface area contributed by atoms with Crippen LogP contribution in [-0.2, 0) is 11.2 Å². The number of carbonyl (C=O) groups excluding carboxylic acids is 1. The maximum absolute atomic E-state index is 11.8. The van der Waals surface area contributed by atoms with Gasteiger partial charge in [0, 0.05) is 10.9 Å². The van der Waals surface area contributed by atoms with Gasteiger partial charge in [0.15, 0.2) is 0 Å². The summed E-state index contributed by atoms with van der Waals surface area (Å²) in [5, 5.41) is 0. The molecule has 0 saturated heterocycles. The molecule has 76 valence electrons. The fraction of sp³-hybridized carbons (Fsp3) is 0.300. The maximum Gasteiger partial charge on any atom is 0.228 e. The van der Waals surface area contributed by atoms with Gasteiger partial charge in [0.25, 0.3) is 0 Å². The monoisotopic (exact) mass is 260 g/mol. The Morgan fingerprint density at radius 2 is 2.29 bits per heavy atom. The lowest BCUT2D eigenvalue weighted by molar-refractivity contribution is -0.107. The second-order valence-electron chi connectivity index (χ2n) is 2.71. The molecule has 0 spiro atoms. The van der Waals surface area contributed by atoms with Gasteiger partial charge in [-0.2, -0.15) is 0 Å². The molecule has 0 heterocycles. The zero-order valence-electron chi connectivity index (χ0n) is 7.50. The molecule has 0 aromatic heterocycles. The zero-order valence-corrected chi connectivity index (χ0v) is 9.09. The van der Waals surface area contributed by atoms with Crippen molar-refractivity contribution < 1.29 is 13.9 Å². The Balaban J connectivity index is 2.73. The summed E-state index contributed by atoms with van der Waals surface area (Å²) in [6.07, 6.45) is 2.04. The van der Waals surface area contributed by atoms with Gasteiger partial charge in [-0.1, -0.05) is 22.0 Å². The Morgan fingerprint density at radius 1 is 1.50 bits per heavy atom. The van der Waals surface area contributed by atoms with E-state index in [0.29, 0.717) is 18.6 Å². The van der Waals surface area contributed by atoms with Gasteiger partial charge in [-0.3, -0.25) is 0 Å². The van der Waals surface area contributed by atoms with E-state index < -0.39 is 6.86 Å². The Labute approximate surface area is 90.2 Å². The second kappa shape index (κ2) is 5.75. The Morgan fingerprint density at radius 3 is 2.86 bits per heavy atom. The Kier molecular flexibility index (Phi) is 4.59. The molecule has 14 heavy (non-hydrogen) atoms. The third-order valence-corrected chi connectivity index (χ3v) is 2.52. The molecule has 0 atom stereocenters. The maximum atomic E-state index is 11.8. The number of alkyl halides is 1. The molecule has 1 aromatic rings. The van der Waals surface area contributed by atoms with E-state index in [-0.39, 0.29) is 0 Å². The Bertz CT molecular complexity index is 315. The summed E-state index contributed by atoms with van der Waals surface area (Å²) in [6, 6.07) is 5.20. The van der Waals surface area contributed by atoms with E-state index in [1.165, 1.54) is 0 Å². The minimum absolute atomic E-state index is 0.481. The van der Waals surface area contributed by atoms with Crippen LogP contribution in [0.2, 0.25) is 0 Å². The molecule has 0 unspecified atom stereocenters. The molecular formula is C10H10BrFO2. The fourth-order valence-corrected chi connectivity index (χ4v) is 1.65. The van der Waals surface area contributed by atoms with Crippen LogP contribution in [0.15, 0.2) is 22.7 Å². The first-order valence-electron chi connectivity index (χ1n) is 4.18. The SMILES string of the molecule is O=CCCc1ccc(OCF)cc1Br. The van der Waals surface area contributed by atoms with Gasteiger partial charge in [-0.05, 0) is 24.1 Å². The van der Waals surface area contributed by atoms with Crippen LogP contribution in [0.1, 0.15) is 12.0 Å². The highest BCUT2D eigenvalue weighted by atomic mass is 79.9. The number of aryl methyl sites for hydroxylation is 1. The van der Waals surface area contributed by atoms with Crippen LogP contribution in [0.5, 0.6) is 5.75 Å². The lowest BCUT2D eigenvalue weighted by atomic mass is 10.1. The van der Waals surface area contributed by atoms with Gasteiger partial charge in [-0.25, -0.2) is 4.39 Å². The van der Waals surface area contributed by atoms with Gasteiger partial charge in [-0.15, -0.1) is 0 Å². The van der Waals surface area contributed by atoms with Gasteiger partial charge < -0.3 is 9.53 Å². The van der Waals surface area contributed by atoms with E-state index in [9.17, 15) is 9.18 Å². The fourth-order valence-electron chi connectivity index (χ4n) is 1.10. The minimum atomic E-state index is -0.833. The van der Waals surface area contributed by atoms with Crippen LogP contribution < -0.4 is 4.74 Å². The number of aldehydes is 1. The lowest BCUT2D eigenvalue weighted by Gasteiger charge is -2.05. The van der Waals surface area contributed by atoms with E-state index in [0.717, 1.165) is 16.3 Å². The molecule has 0 aliphatic rings. The molecule has 0 aliphatic heterocycles. The lowest BCUT2D eigenvalue weighted by Crippen LogP contribution is -1.92. The molecule has 0 aliphatic carbocycles. The molecule has 0 N–H and O–H groups in total. The van der Waals surface area contributed by atoms with E-state index >= 15 is 0 Å². The van der Waals surface area contributed by atoms with E-state index in [1.54, 1.807) is 12.1 Å². The van der Waals surface area contributed by atoms with Crippen LogP contribution in [0, 0.1) is 0 Å². The third-order valence-electron chi connectivity index (χ3n) is 1.78. The van der Waals surface area contributed by atoms with Crippen LogP contribution in [-0.4, -0.2) is 13.1 Å². The highest BCUT2D eigenvalue weighted by molar-refractivity contribution is 9.10. The summed E-state index contributed by atoms with van der Waals surface area (Å²) >= 11 is 3.33. The summed E-state index contributed by atoms with van der Waals surface area (Å²) < 4.78 is 17.3. The number of halogens is 2. The van der Waals surface area contributed by atoms with Crippen molar-refractivity contribution in [1.82, 2.24) is 0 Å². The molecule has 4 heteroatoms. The van der Waals surface area contributed by atoms with Crippen molar-refractivity contribution in [1.29, 1.82) is 0 Å². The largest absolute Gasteiger partial charge is 0.463 e. The topological polar surface area (TPSA) is 26.3 Å².